The van der Waals surface area contributed by atoms with E-state index >= 15 is 0 Å². The number of benzene rings is 2. The summed E-state index contributed by atoms with van der Waals surface area (Å²) in [5.41, 5.74) is 1.82. The summed E-state index contributed by atoms with van der Waals surface area (Å²) >= 11 is 0. The third kappa shape index (κ3) is 3.15. The highest BCUT2D eigenvalue weighted by Crippen LogP contribution is 2.29. The third-order valence-corrected chi connectivity index (χ3v) is 3.22. The van der Waals surface area contributed by atoms with Crippen LogP contribution in [0.1, 0.15) is 24.8 Å². The number of aromatic hydroxyl groups is 1. The highest BCUT2D eigenvalue weighted by atomic mass is 19.1. The molecule has 0 radical (unpaired) electrons. The summed E-state index contributed by atoms with van der Waals surface area (Å²) in [6, 6.07) is 10.8. The number of hydrogen-bond acceptors (Lipinski definition) is 2. The van der Waals surface area contributed by atoms with Gasteiger partial charge in [0.15, 0.2) is 0 Å². The highest BCUT2D eigenvalue weighted by molar-refractivity contribution is 5.69. The van der Waals surface area contributed by atoms with Gasteiger partial charge < -0.3 is 10.2 Å². The number of hydrogen-bond donors (Lipinski definition) is 2. The molecule has 0 bridgehead atoms. The molecule has 104 valence electrons. The standard InChI is InChI=1S/C16H15FO3/c1-10(8-16(19)20)12-4-7-15(17)14(9-12)11-2-5-13(18)6-3-11/h2-7,9-10,18H,8H2,1H3,(H,19,20). The molecule has 0 aliphatic heterocycles. The molecule has 0 aliphatic carbocycles. The van der Waals surface area contributed by atoms with Crippen molar-refractivity contribution in [1.29, 1.82) is 0 Å². The smallest absolute Gasteiger partial charge is 0.303 e. The first-order valence-corrected chi connectivity index (χ1v) is 6.28. The van der Waals surface area contributed by atoms with E-state index in [1.165, 1.54) is 18.2 Å². The molecular weight excluding hydrogens is 259 g/mol. The van der Waals surface area contributed by atoms with E-state index in [9.17, 15) is 14.3 Å². The van der Waals surface area contributed by atoms with Gasteiger partial charge in [0.2, 0.25) is 0 Å². The van der Waals surface area contributed by atoms with Gasteiger partial charge in [-0.2, -0.15) is 0 Å². The molecule has 0 aliphatic rings. The first-order valence-electron chi connectivity index (χ1n) is 6.28. The molecule has 1 unspecified atom stereocenters. The minimum absolute atomic E-state index is 0.000645. The van der Waals surface area contributed by atoms with Crippen LogP contribution in [-0.2, 0) is 4.79 Å². The number of aliphatic carboxylic acids is 1. The molecule has 4 heteroatoms. The van der Waals surface area contributed by atoms with Gasteiger partial charge in [0.05, 0.1) is 6.42 Å². The van der Waals surface area contributed by atoms with Gasteiger partial charge in [0, 0.05) is 5.56 Å². The zero-order valence-corrected chi connectivity index (χ0v) is 11.0. The van der Waals surface area contributed by atoms with Gasteiger partial charge in [-0.1, -0.05) is 25.1 Å². The lowest BCUT2D eigenvalue weighted by Gasteiger charge is -2.12. The zero-order valence-electron chi connectivity index (χ0n) is 11.0. The van der Waals surface area contributed by atoms with Crippen molar-refractivity contribution in [2.45, 2.75) is 19.3 Å². The largest absolute Gasteiger partial charge is 0.508 e. The van der Waals surface area contributed by atoms with Crippen molar-refractivity contribution in [3.05, 3.63) is 53.8 Å². The van der Waals surface area contributed by atoms with E-state index in [2.05, 4.69) is 0 Å². The molecule has 2 rings (SSSR count). The van der Waals surface area contributed by atoms with E-state index in [0.29, 0.717) is 11.1 Å². The van der Waals surface area contributed by atoms with E-state index < -0.39 is 5.97 Å². The number of halogens is 1. The second-order valence-corrected chi connectivity index (χ2v) is 4.79. The fourth-order valence-corrected chi connectivity index (χ4v) is 2.09. The average Bonchev–Trinajstić information content (AvgIpc) is 2.39. The van der Waals surface area contributed by atoms with E-state index in [0.717, 1.165) is 5.56 Å². The molecular formula is C16H15FO3. The molecule has 0 aromatic heterocycles. The van der Waals surface area contributed by atoms with Gasteiger partial charge in [0.1, 0.15) is 11.6 Å². The van der Waals surface area contributed by atoms with Gasteiger partial charge in [-0.25, -0.2) is 4.39 Å². The molecule has 20 heavy (non-hydrogen) atoms. The maximum absolute atomic E-state index is 13.9. The van der Waals surface area contributed by atoms with Crippen LogP contribution in [0.3, 0.4) is 0 Å². The Hall–Kier alpha value is -2.36. The fourth-order valence-electron chi connectivity index (χ4n) is 2.09. The zero-order chi connectivity index (χ0) is 14.7. The summed E-state index contributed by atoms with van der Waals surface area (Å²) in [5, 5.41) is 18.1. The Morgan fingerprint density at radius 3 is 2.45 bits per heavy atom. The van der Waals surface area contributed by atoms with Crippen molar-refractivity contribution in [3.8, 4) is 16.9 Å². The Bertz CT molecular complexity index is 620. The van der Waals surface area contributed by atoms with Crippen molar-refractivity contribution >= 4 is 5.97 Å². The number of phenolic OH excluding ortho intramolecular Hbond substituents is 1. The Balaban J connectivity index is 2.38. The molecule has 0 saturated carbocycles. The third-order valence-electron chi connectivity index (χ3n) is 3.22. The Morgan fingerprint density at radius 2 is 1.85 bits per heavy atom. The molecule has 2 aromatic carbocycles. The van der Waals surface area contributed by atoms with E-state index in [1.807, 2.05) is 0 Å². The second-order valence-electron chi connectivity index (χ2n) is 4.79. The summed E-state index contributed by atoms with van der Waals surface area (Å²) in [6.07, 6.45) is 0.000645. The summed E-state index contributed by atoms with van der Waals surface area (Å²) < 4.78 is 13.9. The van der Waals surface area contributed by atoms with Gasteiger partial charge >= 0.3 is 5.97 Å². The van der Waals surface area contributed by atoms with Crippen LogP contribution in [0.5, 0.6) is 5.75 Å². The lowest BCUT2D eigenvalue weighted by molar-refractivity contribution is -0.137. The number of rotatable bonds is 4. The van der Waals surface area contributed by atoms with Gasteiger partial charge in [-0.15, -0.1) is 0 Å². The van der Waals surface area contributed by atoms with Gasteiger partial charge in [-0.05, 0) is 41.3 Å². The molecule has 0 heterocycles. The van der Waals surface area contributed by atoms with E-state index in [4.69, 9.17) is 5.11 Å². The van der Waals surface area contributed by atoms with Crippen molar-refractivity contribution in [1.82, 2.24) is 0 Å². The first-order chi connectivity index (χ1) is 9.47. The van der Waals surface area contributed by atoms with Gasteiger partial charge in [-0.3, -0.25) is 4.79 Å². The average molecular weight is 274 g/mol. The number of carbonyl (C=O) groups is 1. The van der Waals surface area contributed by atoms with Crippen molar-refractivity contribution < 1.29 is 19.4 Å². The van der Waals surface area contributed by atoms with Crippen molar-refractivity contribution in [2.75, 3.05) is 0 Å². The van der Waals surface area contributed by atoms with E-state index in [1.54, 1.807) is 31.2 Å². The maximum Gasteiger partial charge on any atom is 0.303 e. The molecule has 3 nitrogen and oxygen atoms in total. The monoisotopic (exact) mass is 274 g/mol. The number of phenols is 1. The normalized spacial score (nSPS) is 12.1. The van der Waals surface area contributed by atoms with Gasteiger partial charge in [0.25, 0.3) is 0 Å². The Kier molecular flexibility index (Phi) is 4.03. The highest BCUT2D eigenvalue weighted by Gasteiger charge is 2.13. The summed E-state index contributed by atoms with van der Waals surface area (Å²) in [7, 11) is 0. The van der Waals surface area contributed by atoms with Crippen LogP contribution in [0.4, 0.5) is 4.39 Å². The van der Waals surface area contributed by atoms with Crippen LogP contribution in [0.2, 0.25) is 0 Å². The van der Waals surface area contributed by atoms with Crippen LogP contribution >= 0.6 is 0 Å². The second kappa shape index (κ2) is 5.74. The first kappa shape index (κ1) is 14.1. The SMILES string of the molecule is CC(CC(=O)O)c1ccc(F)c(-c2ccc(O)cc2)c1. The molecule has 0 spiro atoms. The predicted molar refractivity (Wildman–Crippen MR) is 74.2 cm³/mol. The lowest BCUT2D eigenvalue weighted by atomic mass is 9.94. The summed E-state index contributed by atoms with van der Waals surface area (Å²) in [6.45, 7) is 1.79. The van der Waals surface area contributed by atoms with E-state index in [-0.39, 0.29) is 23.9 Å². The molecule has 0 fully saturated rings. The minimum Gasteiger partial charge on any atom is -0.508 e. The Morgan fingerprint density at radius 1 is 1.20 bits per heavy atom. The molecule has 1 atom stereocenters. The molecule has 0 saturated heterocycles. The number of carboxylic acid groups (broad SMARTS) is 1. The topological polar surface area (TPSA) is 57.5 Å². The predicted octanol–water partition coefficient (Wildman–Crippen LogP) is 3.78. The number of carboxylic acids is 1. The van der Waals surface area contributed by atoms with Crippen molar-refractivity contribution in [3.63, 3.8) is 0 Å². The molecule has 0 amide bonds. The maximum atomic E-state index is 13.9. The molecule has 2 N–H and O–H groups in total. The Labute approximate surface area is 116 Å². The van der Waals surface area contributed by atoms with Crippen LogP contribution in [0.25, 0.3) is 11.1 Å². The molecule has 2 aromatic rings. The van der Waals surface area contributed by atoms with Crippen molar-refractivity contribution in [2.24, 2.45) is 0 Å². The van der Waals surface area contributed by atoms with Crippen LogP contribution in [0.15, 0.2) is 42.5 Å². The van der Waals surface area contributed by atoms with Crippen LogP contribution < -0.4 is 0 Å². The lowest BCUT2D eigenvalue weighted by Crippen LogP contribution is -2.03. The summed E-state index contributed by atoms with van der Waals surface area (Å²) in [5.74, 6) is -1.33. The quantitative estimate of drug-likeness (QED) is 0.892. The summed E-state index contributed by atoms with van der Waals surface area (Å²) in [4.78, 5) is 10.7. The van der Waals surface area contributed by atoms with Crippen LogP contribution in [0, 0.1) is 5.82 Å². The fraction of sp³-hybridized carbons (Fsp3) is 0.188. The van der Waals surface area contributed by atoms with Crippen LogP contribution in [-0.4, -0.2) is 16.2 Å². The minimum atomic E-state index is -0.881.